The Labute approximate surface area is 130 Å². The number of carboxylic acids is 1. The molecule has 2 N–H and O–H groups in total. The van der Waals surface area contributed by atoms with Crippen molar-refractivity contribution in [2.45, 2.75) is 38.0 Å². The van der Waals surface area contributed by atoms with Gasteiger partial charge in [-0.15, -0.1) is 0 Å². The van der Waals surface area contributed by atoms with Crippen LogP contribution in [0.5, 0.6) is 0 Å². The second kappa shape index (κ2) is 6.91. The van der Waals surface area contributed by atoms with E-state index in [0.29, 0.717) is 5.56 Å². The predicted molar refractivity (Wildman–Crippen MR) is 83.1 cm³/mol. The summed E-state index contributed by atoms with van der Waals surface area (Å²) >= 11 is 0. The van der Waals surface area contributed by atoms with Gasteiger partial charge in [0.1, 0.15) is 5.75 Å². The van der Waals surface area contributed by atoms with Crippen LogP contribution in [-0.4, -0.2) is 35.9 Å². The highest BCUT2D eigenvalue weighted by Crippen LogP contribution is 2.19. The van der Waals surface area contributed by atoms with Crippen LogP contribution in [0.15, 0.2) is 30.3 Å². The molecule has 0 spiro atoms. The van der Waals surface area contributed by atoms with Crippen molar-refractivity contribution in [3.8, 4) is 0 Å². The quantitative estimate of drug-likeness (QED) is 0.825. The van der Waals surface area contributed by atoms with E-state index in [4.69, 9.17) is 5.11 Å². The van der Waals surface area contributed by atoms with E-state index in [1.54, 1.807) is 30.3 Å². The molecular formula is C15H21NO5S. The molecule has 1 aromatic carbocycles. The highest BCUT2D eigenvalue weighted by atomic mass is 32.2. The third kappa shape index (κ3) is 5.14. The Morgan fingerprint density at radius 3 is 2.18 bits per heavy atom. The standard InChI is InChI=1S/C15H21NO5S/c1-15(2,3)22(20,21)10-13(17)16-12(9-14(18)19)11-7-5-4-6-8-11/h4-8,12H,9-10H2,1-3H3,(H,16,17)(H,18,19). The van der Waals surface area contributed by atoms with E-state index in [9.17, 15) is 18.0 Å². The lowest BCUT2D eigenvalue weighted by Crippen LogP contribution is -2.40. The van der Waals surface area contributed by atoms with Crippen LogP contribution in [0.25, 0.3) is 0 Å². The second-order valence-corrected chi connectivity index (χ2v) is 8.74. The minimum atomic E-state index is -3.61. The third-order valence-corrected chi connectivity index (χ3v) is 5.68. The van der Waals surface area contributed by atoms with Gasteiger partial charge in [-0.3, -0.25) is 9.59 Å². The summed E-state index contributed by atoms with van der Waals surface area (Å²) in [6.45, 7) is 4.55. The van der Waals surface area contributed by atoms with E-state index in [1.165, 1.54) is 20.8 Å². The molecule has 0 fully saturated rings. The fraction of sp³-hybridized carbons (Fsp3) is 0.467. The smallest absolute Gasteiger partial charge is 0.305 e. The number of hydrogen-bond donors (Lipinski definition) is 2. The Bertz CT molecular complexity index is 632. The number of carboxylic acid groups (broad SMARTS) is 1. The molecule has 0 aliphatic heterocycles. The molecule has 0 heterocycles. The highest BCUT2D eigenvalue weighted by Gasteiger charge is 2.32. The van der Waals surface area contributed by atoms with Crippen LogP contribution >= 0.6 is 0 Å². The number of aliphatic carboxylic acids is 1. The Balaban J connectivity index is 2.87. The molecule has 1 amide bonds. The monoisotopic (exact) mass is 327 g/mol. The Kier molecular flexibility index (Phi) is 5.71. The molecule has 0 aromatic heterocycles. The SMILES string of the molecule is CC(C)(C)S(=O)(=O)CC(=O)NC(CC(=O)O)c1ccccc1. The lowest BCUT2D eigenvalue weighted by molar-refractivity contribution is -0.137. The maximum absolute atomic E-state index is 12.0. The first-order valence-corrected chi connectivity index (χ1v) is 8.46. The fourth-order valence-corrected chi connectivity index (χ4v) is 2.60. The van der Waals surface area contributed by atoms with E-state index in [-0.39, 0.29) is 6.42 Å². The van der Waals surface area contributed by atoms with Gasteiger partial charge in [0, 0.05) is 0 Å². The summed E-state index contributed by atoms with van der Waals surface area (Å²) in [6.07, 6.45) is -0.314. The molecule has 122 valence electrons. The molecule has 6 nitrogen and oxygen atoms in total. The van der Waals surface area contributed by atoms with Gasteiger partial charge in [-0.25, -0.2) is 8.42 Å². The summed E-state index contributed by atoms with van der Waals surface area (Å²) in [4.78, 5) is 22.9. The first-order chi connectivity index (χ1) is 10.0. The van der Waals surface area contributed by atoms with Crippen molar-refractivity contribution in [2.24, 2.45) is 0 Å². The number of amides is 1. The van der Waals surface area contributed by atoms with Gasteiger partial charge in [0.2, 0.25) is 5.91 Å². The van der Waals surface area contributed by atoms with Gasteiger partial charge < -0.3 is 10.4 Å². The number of sulfone groups is 1. The van der Waals surface area contributed by atoms with Crippen molar-refractivity contribution in [2.75, 3.05) is 5.75 Å². The van der Waals surface area contributed by atoms with Crippen LogP contribution in [0, 0.1) is 0 Å². The minimum Gasteiger partial charge on any atom is -0.481 e. The minimum absolute atomic E-state index is 0.314. The summed E-state index contributed by atoms with van der Waals surface area (Å²) in [5.41, 5.74) is 0.617. The summed E-state index contributed by atoms with van der Waals surface area (Å²) in [5.74, 6) is -2.45. The number of nitrogens with one attached hydrogen (secondary N) is 1. The number of benzene rings is 1. The summed E-state index contributed by atoms with van der Waals surface area (Å²) in [5, 5.41) is 11.4. The van der Waals surface area contributed by atoms with Gasteiger partial charge >= 0.3 is 5.97 Å². The van der Waals surface area contributed by atoms with Crippen molar-refractivity contribution in [3.63, 3.8) is 0 Å². The molecular weight excluding hydrogens is 306 g/mol. The average Bonchev–Trinajstić information content (AvgIpc) is 2.36. The van der Waals surface area contributed by atoms with E-state index in [0.717, 1.165) is 0 Å². The zero-order valence-electron chi connectivity index (χ0n) is 12.9. The number of rotatable bonds is 6. The topological polar surface area (TPSA) is 101 Å². The van der Waals surface area contributed by atoms with Gasteiger partial charge in [0.25, 0.3) is 0 Å². The molecule has 1 atom stereocenters. The zero-order chi connectivity index (χ0) is 17.0. The molecule has 1 aromatic rings. The van der Waals surface area contributed by atoms with Crippen LogP contribution in [0.4, 0.5) is 0 Å². The molecule has 0 saturated heterocycles. The van der Waals surface area contributed by atoms with Gasteiger partial charge in [-0.1, -0.05) is 30.3 Å². The van der Waals surface area contributed by atoms with E-state index >= 15 is 0 Å². The van der Waals surface area contributed by atoms with Crippen LogP contribution in [0.1, 0.15) is 38.8 Å². The van der Waals surface area contributed by atoms with Gasteiger partial charge in [0.15, 0.2) is 9.84 Å². The molecule has 0 saturated carbocycles. The Hall–Kier alpha value is -1.89. The lowest BCUT2D eigenvalue weighted by Gasteiger charge is -2.21. The van der Waals surface area contributed by atoms with Crippen molar-refractivity contribution in [1.82, 2.24) is 5.32 Å². The summed E-state index contributed by atoms with van der Waals surface area (Å²) in [7, 11) is -3.61. The highest BCUT2D eigenvalue weighted by molar-refractivity contribution is 7.93. The summed E-state index contributed by atoms with van der Waals surface area (Å²) in [6, 6.07) is 7.83. The molecule has 0 bridgehead atoms. The number of hydrogen-bond acceptors (Lipinski definition) is 4. The largest absolute Gasteiger partial charge is 0.481 e. The number of carbonyl (C=O) groups excluding carboxylic acids is 1. The van der Waals surface area contributed by atoms with Crippen LogP contribution < -0.4 is 5.32 Å². The summed E-state index contributed by atoms with van der Waals surface area (Å²) < 4.78 is 23.0. The van der Waals surface area contributed by atoms with Crippen molar-refractivity contribution >= 4 is 21.7 Å². The molecule has 0 aliphatic carbocycles. The molecule has 1 rings (SSSR count). The maximum atomic E-state index is 12.0. The van der Waals surface area contributed by atoms with E-state index < -0.39 is 38.3 Å². The lowest BCUT2D eigenvalue weighted by atomic mass is 10.0. The van der Waals surface area contributed by atoms with Crippen molar-refractivity contribution < 1.29 is 23.1 Å². The normalized spacial score (nSPS) is 13.4. The molecule has 7 heteroatoms. The zero-order valence-corrected chi connectivity index (χ0v) is 13.7. The van der Waals surface area contributed by atoms with Crippen LogP contribution in [0.3, 0.4) is 0 Å². The first kappa shape index (κ1) is 18.2. The van der Waals surface area contributed by atoms with Gasteiger partial charge in [-0.05, 0) is 26.3 Å². The van der Waals surface area contributed by atoms with Crippen molar-refractivity contribution in [1.29, 1.82) is 0 Å². The van der Waals surface area contributed by atoms with Gasteiger partial charge in [-0.2, -0.15) is 0 Å². The van der Waals surface area contributed by atoms with Crippen LogP contribution in [0.2, 0.25) is 0 Å². The Morgan fingerprint density at radius 2 is 1.73 bits per heavy atom. The molecule has 0 radical (unpaired) electrons. The van der Waals surface area contributed by atoms with Gasteiger partial charge in [0.05, 0.1) is 17.2 Å². The third-order valence-electron chi connectivity index (χ3n) is 3.17. The van der Waals surface area contributed by atoms with Crippen LogP contribution in [-0.2, 0) is 19.4 Å². The van der Waals surface area contributed by atoms with E-state index in [1.807, 2.05) is 0 Å². The maximum Gasteiger partial charge on any atom is 0.305 e. The molecule has 0 aliphatic rings. The fourth-order valence-electron chi connectivity index (χ4n) is 1.74. The Morgan fingerprint density at radius 1 is 1.18 bits per heavy atom. The predicted octanol–water partition coefficient (Wildman–Crippen LogP) is 1.53. The molecule has 1 unspecified atom stereocenters. The number of carbonyl (C=O) groups is 2. The average molecular weight is 327 g/mol. The first-order valence-electron chi connectivity index (χ1n) is 6.81. The van der Waals surface area contributed by atoms with Crippen molar-refractivity contribution in [3.05, 3.63) is 35.9 Å². The van der Waals surface area contributed by atoms with E-state index in [2.05, 4.69) is 5.32 Å². The second-order valence-electron chi connectivity index (χ2n) is 6.00. The molecule has 22 heavy (non-hydrogen) atoms.